The number of hydrogen-bond donors (Lipinski definition) is 2. The molecule has 0 aromatic carbocycles. The van der Waals surface area contributed by atoms with Gasteiger partial charge in [-0.15, -0.1) is 0 Å². The van der Waals surface area contributed by atoms with Crippen molar-refractivity contribution in [3.05, 3.63) is 0 Å². The van der Waals surface area contributed by atoms with Crippen LogP contribution in [0.5, 0.6) is 0 Å². The second-order valence-corrected chi connectivity index (χ2v) is 11.2. The first-order valence-corrected chi connectivity index (χ1v) is 15.9. The maximum atomic E-state index is 4.72. The van der Waals surface area contributed by atoms with E-state index in [0.29, 0.717) is 0 Å². The normalized spacial score (nSPS) is 14.0. The van der Waals surface area contributed by atoms with Gasteiger partial charge in [0, 0.05) is 25.4 Å². The minimum atomic E-state index is 0.722. The molecule has 1 saturated heterocycles. The summed E-state index contributed by atoms with van der Waals surface area (Å²) < 4.78 is 0. The van der Waals surface area contributed by atoms with E-state index in [2.05, 4.69) is 34.4 Å². The van der Waals surface area contributed by atoms with E-state index in [-0.39, 0.29) is 0 Å². The van der Waals surface area contributed by atoms with E-state index in [1.54, 1.807) is 11.8 Å². The van der Waals surface area contributed by atoms with Crippen molar-refractivity contribution in [3.63, 3.8) is 0 Å². The molecule has 0 atom stereocenters. The minimum Gasteiger partial charge on any atom is -0.354 e. The van der Waals surface area contributed by atoms with Crippen LogP contribution in [0.2, 0.25) is 0 Å². The number of anilines is 2. The third kappa shape index (κ3) is 15.6. The summed E-state index contributed by atoms with van der Waals surface area (Å²) in [6, 6.07) is 0. The molecule has 1 fully saturated rings. The molecule has 1 aromatic rings. The van der Waals surface area contributed by atoms with Crippen LogP contribution in [0.1, 0.15) is 123 Å². The van der Waals surface area contributed by atoms with Gasteiger partial charge in [-0.3, -0.25) is 0 Å². The first kappa shape index (κ1) is 30.1. The Kier molecular flexibility index (Phi) is 18.1. The predicted octanol–water partition coefficient (Wildman–Crippen LogP) is 7.77. The van der Waals surface area contributed by atoms with Crippen LogP contribution in [0, 0.1) is 0 Å². The van der Waals surface area contributed by atoms with E-state index in [4.69, 9.17) is 9.97 Å². The number of thioether (sulfide) groups is 1. The molecule has 1 aliphatic rings. The number of aromatic nitrogens is 3. The zero-order valence-corrected chi connectivity index (χ0v) is 23.8. The summed E-state index contributed by atoms with van der Waals surface area (Å²) in [5.41, 5.74) is 0. The van der Waals surface area contributed by atoms with Gasteiger partial charge in [0.1, 0.15) is 0 Å². The van der Waals surface area contributed by atoms with Crippen molar-refractivity contribution in [1.82, 2.24) is 19.9 Å². The van der Waals surface area contributed by atoms with Gasteiger partial charge in [-0.2, -0.15) is 15.0 Å². The first-order valence-electron chi connectivity index (χ1n) is 14.9. The molecule has 0 bridgehead atoms. The lowest BCUT2D eigenvalue weighted by atomic mass is 10.1. The number of rotatable bonds is 23. The maximum Gasteiger partial charge on any atom is 0.228 e. The molecule has 0 unspecified atom stereocenters. The average Bonchev–Trinajstić information content (AvgIpc) is 3.38. The Morgan fingerprint density at radius 1 is 0.629 bits per heavy atom. The van der Waals surface area contributed by atoms with Crippen molar-refractivity contribution < 1.29 is 0 Å². The SMILES string of the molecule is CCCCCCCCCCCNc1nc(NCCN2CCCC2)nc(SCCCCCCCC)n1. The highest BCUT2D eigenvalue weighted by atomic mass is 32.2. The average molecular weight is 507 g/mol. The summed E-state index contributed by atoms with van der Waals surface area (Å²) in [6.45, 7) is 9.90. The van der Waals surface area contributed by atoms with Gasteiger partial charge in [-0.25, -0.2) is 0 Å². The molecule has 0 saturated carbocycles. The second kappa shape index (κ2) is 21.0. The zero-order valence-electron chi connectivity index (χ0n) is 23.0. The Bertz CT molecular complexity index is 623. The van der Waals surface area contributed by atoms with Gasteiger partial charge in [0.2, 0.25) is 11.9 Å². The summed E-state index contributed by atoms with van der Waals surface area (Å²) in [5, 5.41) is 7.79. The fourth-order valence-corrected chi connectivity index (χ4v) is 5.43. The van der Waals surface area contributed by atoms with E-state index in [0.717, 1.165) is 42.4 Å². The summed E-state index contributed by atoms with van der Waals surface area (Å²) in [5.74, 6) is 2.54. The maximum absolute atomic E-state index is 4.72. The molecule has 0 spiro atoms. The summed E-state index contributed by atoms with van der Waals surface area (Å²) in [4.78, 5) is 16.6. The van der Waals surface area contributed by atoms with Gasteiger partial charge >= 0.3 is 0 Å². The zero-order chi connectivity index (χ0) is 24.8. The highest BCUT2D eigenvalue weighted by Gasteiger charge is 2.12. The second-order valence-electron chi connectivity index (χ2n) is 10.1. The number of unbranched alkanes of at least 4 members (excludes halogenated alkanes) is 13. The van der Waals surface area contributed by atoms with E-state index in [1.165, 1.54) is 122 Å². The van der Waals surface area contributed by atoms with Crippen LogP contribution in [-0.4, -0.2) is 58.3 Å². The van der Waals surface area contributed by atoms with E-state index in [9.17, 15) is 0 Å². The van der Waals surface area contributed by atoms with Crippen LogP contribution in [0.4, 0.5) is 11.9 Å². The Labute approximate surface area is 220 Å². The van der Waals surface area contributed by atoms with Crippen molar-refractivity contribution >= 4 is 23.7 Å². The summed E-state index contributed by atoms with van der Waals surface area (Å²) in [6.07, 6.45) is 22.7. The number of nitrogens with one attached hydrogen (secondary N) is 2. The molecule has 202 valence electrons. The lowest BCUT2D eigenvalue weighted by Crippen LogP contribution is -2.26. The molecular weight excluding hydrogens is 452 g/mol. The quantitative estimate of drug-likeness (QED) is 0.116. The van der Waals surface area contributed by atoms with Gasteiger partial charge in [0.25, 0.3) is 0 Å². The van der Waals surface area contributed by atoms with Crippen molar-refractivity contribution in [3.8, 4) is 0 Å². The van der Waals surface area contributed by atoms with E-state index in [1.807, 2.05) is 0 Å². The number of likely N-dealkylation sites (tertiary alicyclic amines) is 1. The Hall–Kier alpha value is -1.08. The lowest BCUT2D eigenvalue weighted by molar-refractivity contribution is 0.352. The molecule has 2 rings (SSSR count). The van der Waals surface area contributed by atoms with Gasteiger partial charge < -0.3 is 15.5 Å². The third-order valence-corrected chi connectivity index (χ3v) is 7.75. The minimum absolute atomic E-state index is 0.722. The van der Waals surface area contributed by atoms with Gasteiger partial charge in [-0.05, 0) is 38.8 Å². The Morgan fingerprint density at radius 3 is 1.74 bits per heavy atom. The molecule has 0 amide bonds. The Balaban J connectivity index is 1.71. The van der Waals surface area contributed by atoms with Gasteiger partial charge in [0.05, 0.1) is 0 Å². The van der Waals surface area contributed by atoms with Crippen LogP contribution in [0.3, 0.4) is 0 Å². The van der Waals surface area contributed by atoms with E-state index < -0.39 is 0 Å². The molecule has 1 aromatic heterocycles. The van der Waals surface area contributed by atoms with Crippen molar-refractivity contribution in [2.45, 2.75) is 128 Å². The standard InChI is InChI=1S/C28H54N6S/c1-3-5-7-9-11-12-13-14-16-20-29-26-31-27(30-21-24-34-22-17-18-23-34)33-28(32-26)35-25-19-15-10-8-6-4-2/h3-25H2,1-2H3,(H2,29,30,31,32,33). The van der Waals surface area contributed by atoms with Crippen LogP contribution in [0.25, 0.3) is 0 Å². The molecule has 1 aliphatic heterocycles. The lowest BCUT2D eigenvalue weighted by Gasteiger charge is -2.15. The molecule has 7 heteroatoms. The molecule has 2 heterocycles. The fourth-order valence-electron chi connectivity index (χ4n) is 4.59. The smallest absolute Gasteiger partial charge is 0.228 e. The van der Waals surface area contributed by atoms with Gasteiger partial charge in [0.15, 0.2) is 5.16 Å². The largest absolute Gasteiger partial charge is 0.354 e. The summed E-state index contributed by atoms with van der Waals surface area (Å²) >= 11 is 1.78. The van der Waals surface area contributed by atoms with Crippen LogP contribution < -0.4 is 10.6 Å². The highest BCUT2D eigenvalue weighted by Crippen LogP contribution is 2.19. The fraction of sp³-hybridized carbons (Fsp3) is 0.893. The van der Waals surface area contributed by atoms with Crippen LogP contribution >= 0.6 is 11.8 Å². The molecule has 0 radical (unpaired) electrons. The third-order valence-electron chi connectivity index (χ3n) is 6.82. The predicted molar refractivity (Wildman–Crippen MR) is 154 cm³/mol. The molecule has 0 aliphatic carbocycles. The monoisotopic (exact) mass is 506 g/mol. The topological polar surface area (TPSA) is 66.0 Å². The van der Waals surface area contributed by atoms with Crippen LogP contribution in [0.15, 0.2) is 5.16 Å². The molecule has 6 nitrogen and oxygen atoms in total. The number of nitrogens with zero attached hydrogens (tertiary/aromatic N) is 4. The van der Waals surface area contributed by atoms with Crippen molar-refractivity contribution in [2.75, 3.05) is 49.1 Å². The highest BCUT2D eigenvalue weighted by molar-refractivity contribution is 7.99. The van der Waals surface area contributed by atoms with Crippen molar-refractivity contribution in [2.24, 2.45) is 0 Å². The number of hydrogen-bond acceptors (Lipinski definition) is 7. The van der Waals surface area contributed by atoms with Crippen LogP contribution in [-0.2, 0) is 0 Å². The Morgan fingerprint density at radius 2 is 1.14 bits per heavy atom. The first-order chi connectivity index (χ1) is 17.3. The van der Waals surface area contributed by atoms with E-state index >= 15 is 0 Å². The van der Waals surface area contributed by atoms with Crippen molar-refractivity contribution in [1.29, 1.82) is 0 Å². The molecular formula is C28H54N6S. The summed E-state index contributed by atoms with van der Waals surface area (Å²) in [7, 11) is 0. The van der Waals surface area contributed by atoms with Gasteiger partial charge in [-0.1, -0.05) is 109 Å². The molecule has 35 heavy (non-hydrogen) atoms. The molecule has 2 N–H and O–H groups in total.